The van der Waals surface area contributed by atoms with Gasteiger partial charge in [0, 0.05) is 38.4 Å². The largest absolute Gasteiger partial charge is 0.497 e. The maximum atomic E-state index is 6.37. The molecule has 0 aliphatic carbocycles. The molecule has 6 nitrogen and oxygen atoms in total. The average molecular weight is 435 g/mol. The number of morpholine rings is 1. The quantitative estimate of drug-likeness (QED) is 0.636. The molecular weight excluding hydrogens is 408 g/mol. The van der Waals surface area contributed by atoms with E-state index in [1.54, 1.807) is 19.4 Å². The molecule has 0 radical (unpaired) electrons. The highest BCUT2D eigenvalue weighted by atomic mass is 35.5. The van der Waals surface area contributed by atoms with Gasteiger partial charge in [-0.15, -0.1) is 0 Å². The Hall–Kier alpha value is -1.93. The fourth-order valence-electron chi connectivity index (χ4n) is 3.17. The number of benzene rings is 1. The Bertz CT molecular complexity index is 788. The monoisotopic (exact) mass is 434 g/mol. The third-order valence-corrected chi connectivity index (χ3v) is 5.46. The topological polar surface area (TPSA) is 49.9 Å². The van der Waals surface area contributed by atoms with Crippen LogP contribution in [0.5, 0.6) is 5.75 Å². The van der Waals surface area contributed by atoms with Gasteiger partial charge in [-0.25, -0.2) is 0 Å². The van der Waals surface area contributed by atoms with E-state index in [2.05, 4.69) is 20.1 Å². The number of pyridine rings is 1. The first-order chi connectivity index (χ1) is 14.2. The van der Waals surface area contributed by atoms with Gasteiger partial charge in [-0.1, -0.05) is 17.7 Å². The van der Waals surface area contributed by atoms with Gasteiger partial charge in [0.2, 0.25) is 0 Å². The fraction of sp³-hybridized carbons (Fsp3) is 0.429. The lowest BCUT2D eigenvalue weighted by Gasteiger charge is -2.29. The molecule has 0 amide bonds. The van der Waals surface area contributed by atoms with Crippen LogP contribution in [0.2, 0.25) is 5.02 Å². The lowest BCUT2D eigenvalue weighted by molar-refractivity contribution is 0.0367. The highest BCUT2D eigenvalue weighted by Crippen LogP contribution is 2.27. The van der Waals surface area contributed by atoms with Gasteiger partial charge >= 0.3 is 0 Å². The molecule has 0 spiro atoms. The van der Waals surface area contributed by atoms with Crippen LogP contribution in [0.15, 0.2) is 42.6 Å². The second kappa shape index (κ2) is 11.3. The molecule has 1 aromatic heterocycles. The molecule has 1 aromatic carbocycles. The number of halogens is 1. The molecule has 0 unspecified atom stereocenters. The summed E-state index contributed by atoms with van der Waals surface area (Å²) in [7, 11) is 1.62. The molecule has 8 heteroatoms. The number of methoxy groups -OCH3 is 1. The smallest absolute Gasteiger partial charge is 0.173 e. The highest BCUT2D eigenvalue weighted by molar-refractivity contribution is 7.80. The van der Waals surface area contributed by atoms with Crippen molar-refractivity contribution in [1.82, 2.24) is 14.8 Å². The molecular formula is C21H27ClN4O2S. The van der Waals surface area contributed by atoms with Crippen LogP contribution in [-0.4, -0.2) is 66.4 Å². The minimum absolute atomic E-state index is 0.567. The lowest BCUT2D eigenvalue weighted by Crippen LogP contribution is -2.40. The summed E-state index contributed by atoms with van der Waals surface area (Å²) >= 11 is 12.1. The van der Waals surface area contributed by atoms with E-state index in [4.69, 9.17) is 33.3 Å². The molecule has 29 heavy (non-hydrogen) atoms. The summed E-state index contributed by atoms with van der Waals surface area (Å²) in [6.45, 7) is 6.10. The zero-order valence-corrected chi connectivity index (χ0v) is 18.2. The Labute approximate surface area is 182 Å². The molecule has 3 rings (SSSR count). The van der Waals surface area contributed by atoms with E-state index < -0.39 is 0 Å². The molecule has 0 atom stereocenters. The number of nitrogens with one attached hydrogen (secondary N) is 1. The summed E-state index contributed by atoms with van der Waals surface area (Å²) < 4.78 is 10.6. The van der Waals surface area contributed by atoms with E-state index in [-0.39, 0.29) is 0 Å². The van der Waals surface area contributed by atoms with Crippen LogP contribution in [0.25, 0.3) is 0 Å². The van der Waals surface area contributed by atoms with Crippen LogP contribution in [0.1, 0.15) is 12.1 Å². The van der Waals surface area contributed by atoms with Crippen LogP contribution in [0.4, 0.5) is 5.69 Å². The maximum Gasteiger partial charge on any atom is 0.173 e. The summed E-state index contributed by atoms with van der Waals surface area (Å²) in [4.78, 5) is 9.01. The van der Waals surface area contributed by atoms with Crippen molar-refractivity contribution in [3.63, 3.8) is 0 Å². The van der Waals surface area contributed by atoms with Crippen molar-refractivity contribution < 1.29 is 9.47 Å². The summed E-state index contributed by atoms with van der Waals surface area (Å²) in [6, 6.07) is 11.4. The van der Waals surface area contributed by atoms with E-state index in [1.165, 1.54) is 0 Å². The average Bonchev–Trinajstić information content (AvgIpc) is 2.76. The van der Waals surface area contributed by atoms with E-state index in [0.29, 0.717) is 22.4 Å². The molecule has 0 saturated carbocycles. The van der Waals surface area contributed by atoms with Crippen molar-refractivity contribution in [2.75, 3.05) is 51.8 Å². The first kappa shape index (κ1) is 21.8. The van der Waals surface area contributed by atoms with E-state index >= 15 is 0 Å². The fourth-order valence-corrected chi connectivity index (χ4v) is 3.65. The van der Waals surface area contributed by atoms with Gasteiger partial charge in [0.15, 0.2) is 5.11 Å². The second-order valence-electron chi connectivity index (χ2n) is 6.83. The van der Waals surface area contributed by atoms with Gasteiger partial charge in [0.25, 0.3) is 0 Å². The second-order valence-corrected chi connectivity index (χ2v) is 7.62. The Morgan fingerprint density at radius 1 is 1.31 bits per heavy atom. The predicted molar refractivity (Wildman–Crippen MR) is 121 cm³/mol. The van der Waals surface area contributed by atoms with Crippen molar-refractivity contribution in [2.45, 2.75) is 13.0 Å². The van der Waals surface area contributed by atoms with Crippen molar-refractivity contribution in [1.29, 1.82) is 0 Å². The molecule has 0 bridgehead atoms. The van der Waals surface area contributed by atoms with Crippen molar-refractivity contribution in [2.24, 2.45) is 0 Å². The zero-order valence-electron chi connectivity index (χ0n) is 16.6. The minimum atomic E-state index is 0.567. The first-order valence-corrected chi connectivity index (χ1v) is 10.5. The van der Waals surface area contributed by atoms with Crippen molar-refractivity contribution in [3.05, 3.63) is 53.3 Å². The number of ether oxygens (including phenoxy) is 2. The van der Waals surface area contributed by atoms with Gasteiger partial charge in [0.1, 0.15) is 5.75 Å². The lowest BCUT2D eigenvalue weighted by atomic mass is 10.3. The number of nitrogens with zero attached hydrogens (tertiary/aromatic N) is 3. The molecule has 1 aliphatic heterocycles. The summed E-state index contributed by atoms with van der Waals surface area (Å²) in [5.74, 6) is 0.710. The van der Waals surface area contributed by atoms with Crippen LogP contribution < -0.4 is 10.1 Å². The zero-order chi connectivity index (χ0) is 20.5. The molecule has 2 heterocycles. The number of aromatic nitrogens is 1. The van der Waals surface area contributed by atoms with Crippen molar-refractivity contribution >= 4 is 34.6 Å². The molecule has 1 N–H and O–H groups in total. The number of hydrogen-bond acceptors (Lipinski definition) is 5. The van der Waals surface area contributed by atoms with E-state index in [0.717, 1.165) is 57.2 Å². The molecule has 1 fully saturated rings. The number of rotatable bonds is 8. The third kappa shape index (κ3) is 6.82. The number of anilines is 1. The summed E-state index contributed by atoms with van der Waals surface area (Å²) in [6.07, 6.45) is 2.81. The van der Waals surface area contributed by atoms with Gasteiger partial charge in [0.05, 0.1) is 43.3 Å². The Morgan fingerprint density at radius 2 is 2.14 bits per heavy atom. The number of thiocarbonyl (C=S) groups is 1. The van der Waals surface area contributed by atoms with Gasteiger partial charge in [-0.3, -0.25) is 9.88 Å². The van der Waals surface area contributed by atoms with E-state index in [1.807, 2.05) is 30.3 Å². The Balaban J connectivity index is 1.63. The maximum absolute atomic E-state index is 6.37. The minimum Gasteiger partial charge on any atom is -0.497 e. The van der Waals surface area contributed by atoms with Gasteiger partial charge in [-0.2, -0.15) is 0 Å². The molecule has 1 saturated heterocycles. The van der Waals surface area contributed by atoms with Crippen molar-refractivity contribution in [3.8, 4) is 5.75 Å². The van der Waals surface area contributed by atoms with Gasteiger partial charge in [-0.05, 0) is 42.9 Å². The van der Waals surface area contributed by atoms with E-state index in [9.17, 15) is 0 Å². The number of hydrogen-bond donors (Lipinski definition) is 1. The SMILES string of the molecule is COc1ccc(NC(=S)N(CCCN2CCOCC2)Cc2ccccn2)c(Cl)c1. The van der Waals surface area contributed by atoms with Crippen LogP contribution >= 0.6 is 23.8 Å². The van der Waals surface area contributed by atoms with Crippen LogP contribution in [-0.2, 0) is 11.3 Å². The third-order valence-electron chi connectivity index (χ3n) is 4.79. The first-order valence-electron chi connectivity index (χ1n) is 9.75. The molecule has 1 aliphatic rings. The highest BCUT2D eigenvalue weighted by Gasteiger charge is 2.15. The summed E-state index contributed by atoms with van der Waals surface area (Å²) in [5.41, 5.74) is 1.74. The standard InChI is InChI=1S/C21H27ClN4O2S/c1-27-18-6-7-20(19(22)15-18)24-21(29)26(16-17-5-2-3-8-23-17)10-4-9-25-11-13-28-14-12-25/h2-3,5-8,15H,4,9-14,16H2,1H3,(H,24,29). The Morgan fingerprint density at radius 3 is 2.83 bits per heavy atom. The normalized spacial score (nSPS) is 14.4. The van der Waals surface area contributed by atoms with Crippen LogP contribution in [0.3, 0.4) is 0 Å². The van der Waals surface area contributed by atoms with Crippen LogP contribution in [0, 0.1) is 0 Å². The van der Waals surface area contributed by atoms with Gasteiger partial charge < -0.3 is 19.7 Å². The Kier molecular flexibility index (Phi) is 8.49. The summed E-state index contributed by atoms with van der Waals surface area (Å²) in [5, 5.41) is 4.48. The molecule has 2 aromatic rings. The molecule has 156 valence electrons. The predicted octanol–water partition coefficient (Wildman–Crippen LogP) is 3.66.